The van der Waals surface area contributed by atoms with Crippen molar-refractivity contribution in [1.82, 2.24) is 9.55 Å². The van der Waals surface area contributed by atoms with Gasteiger partial charge in [0.1, 0.15) is 5.65 Å². The van der Waals surface area contributed by atoms with Gasteiger partial charge in [-0.05, 0) is 31.4 Å². The second kappa shape index (κ2) is 8.69. The molecule has 0 spiro atoms. The summed E-state index contributed by atoms with van der Waals surface area (Å²) >= 11 is 0. The summed E-state index contributed by atoms with van der Waals surface area (Å²) in [6, 6.07) is 3.87. The minimum absolute atomic E-state index is 0.180. The van der Waals surface area contributed by atoms with Crippen LogP contribution in [0.2, 0.25) is 0 Å². The number of rotatable bonds is 10. The number of hydrogen-bond donors (Lipinski definition) is 0. The minimum atomic E-state index is 0.180. The molecule has 0 atom stereocenters. The molecular formula is C18H26N2O2. The molecule has 2 aromatic rings. The van der Waals surface area contributed by atoms with Crippen LogP contribution in [0.3, 0.4) is 0 Å². The predicted octanol–water partition coefficient (Wildman–Crippen LogP) is 4.23. The highest BCUT2D eigenvalue weighted by Gasteiger charge is 2.13. The number of aromatic nitrogens is 2. The van der Waals surface area contributed by atoms with Gasteiger partial charge in [-0.25, -0.2) is 4.98 Å². The van der Waals surface area contributed by atoms with Crippen LogP contribution in [0.5, 0.6) is 0 Å². The van der Waals surface area contributed by atoms with E-state index in [1.807, 2.05) is 25.3 Å². The van der Waals surface area contributed by atoms with E-state index in [1.54, 1.807) is 6.20 Å². The second-order valence-electron chi connectivity index (χ2n) is 5.56. The third kappa shape index (κ3) is 4.17. The quantitative estimate of drug-likeness (QED) is 0.487. The van der Waals surface area contributed by atoms with Crippen molar-refractivity contribution >= 4 is 16.8 Å². The van der Waals surface area contributed by atoms with Crippen LogP contribution in [-0.2, 0) is 11.3 Å². The van der Waals surface area contributed by atoms with E-state index >= 15 is 0 Å². The van der Waals surface area contributed by atoms with Gasteiger partial charge in [0.25, 0.3) is 0 Å². The largest absolute Gasteiger partial charge is 0.381 e. The van der Waals surface area contributed by atoms with Crippen molar-refractivity contribution < 1.29 is 9.53 Å². The summed E-state index contributed by atoms with van der Waals surface area (Å²) in [5, 5.41) is 0.966. The van der Waals surface area contributed by atoms with Gasteiger partial charge in [-0.1, -0.05) is 20.3 Å². The van der Waals surface area contributed by atoms with Crippen LogP contribution in [0.1, 0.15) is 56.3 Å². The summed E-state index contributed by atoms with van der Waals surface area (Å²) in [5.41, 5.74) is 1.70. The number of nitrogens with zero attached hydrogens (tertiary/aromatic N) is 2. The van der Waals surface area contributed by atoms with Gasteiger partial charge >= 0.3 is 0 Å². The number of hydrogen-bond acceptors (Lipinski definition) is 3. The Balaban J connectivity index is 1.95. The summed E-state index contributed by atoms with van der Waals surface area (Å²) in [7, 11) is 0. The number of fused-ring (bicyclic) bond motifs is 1. The zero-order valence-electron chi connectivity index (χ0n) is 13.7. The van der Waals surface area contributed by atoms with E-state index in [0.717, 1.165) is 55.6 Å². The Morgan fingerprint density at radius 2 is 2.05 bits per heavy atom. The predicted molar refractivity (Wildman–Crippen MR) is 89.3 cm³/mol. The average molecular weight is 302 g/mol. The molecule has 4 nitrogen and oxygen atoms in total. The van der Waals surface area contributed by atoms with Crippen LogP contribution in [0.15, 0.2) is 24.5 Å². The molecule has 0 N–H and O–H groups in total. The molecule has 0 aliphatic rings. The van der Waals surface area contributed by atoms with E-state index < -0.39 is 0 Å². The van der Waals surface area contributed by atoms with Gasteiger partial charge in [-0.3, -0.25) is 4.79 Å². The maximum absolute atomic E-state index is 12.1. The van der Waals surface area contributed by atoms with Gasteiger partial charge in [-0.2, -0.15) is 0 Å². The van der Waals surface area contributed by atoms with Crippen LogP contribution in [-0.4, -0.2) is 28.5 Å². The molecule has 0 bridgehead atoms. The Hall–Kier alpha value is -1.68. The summed E-state index contributed by atoms with van der Waals surface area (Å²) in [6.45, 7) is 6.62. The maximum Gasteiger partial charge on any atom is 0.164 e. The zero-order chi connectivity index (χ0) is 15.8. The zero-order valence-corrected chi connectivity index (χ0v) is 13.7. The van der Waals surface area contributed by atoms with Crippen molar-refractivity contribution in [3.63, 3.8) is 0 Å². The fourth-order valence-corrected chi connectivity index (χ4v) is 2.54. The SMILES string of the molecule is CCCCOCCCCn1cc(C(=O)CC)c2cccnc21. The molecule has 0 saturated heterocycles. The molecule has 0 saturated carbocycles. The van der Waals surface area contributed by atoms with Gasteiger partial charge in [0.2, 0.25) is 0 Å². The molecule has 0 aliphatic heterocycles. The van der Waals surface area contributed by atoms with E-state index in [1.165, 1.54) is 6.42 Å². The molecule has 0 aliphatic carbocycles. The number of ketones is 1. The van der Waals surface area contributed by atoms with Crippen molar-refractivity contribution in [2.75, 3.05) is 13.2 Å². The van der Waals surface area contributed by atoms with Crippen LogP contribution in [0.25, 0.3) is 11.0 Å². The van der Waals surface area contributed by atoms with Gasteiger partial charge in [0, 0.05) is 49.5 Å². The molecule has 0 aromatic carbocycles. The molecule has 4 heteroatoms. The lowest BCUT2D eigenvalue weighted by Crippen LogP contribution is -2.01. The van der Waals surface area contributed by atoms with Gasteiger partial charge in [0.05, 0.1) is 0 Å². The number of carbonyl (C=O) groups is 1. The molecular weight excluding hydrogens is 276 g/mol. The average Bonchev–Trinajstić information content (AvgIpc) is 2.92. The van der Waals surface area contributed by atoms with E-state index in [-0.39, 0.29) is 5.78 Å². The van der Waals surface area contributed by atoms with E-state index in [4.69, 9.17) is 4.74 Å². The van der Waals surface area contributed by atoms with Crippen molar-refractivity contribution in [3.8, 4) is 0 Å². The van der Waals surface area contributed by atoms with Crippen LogP contribution >= 0.6 is 0 Å². The van der Waals surface area contributed by atoms with Gasteiger partial charge < -0.3 is 9.30 Å². The minimum Gasteiger partial charge on any atom is -0.381 e. The summed E-state index contributed by atoms with van der Waals surface area (Å²) in [4.78, 5) is 16.5. The Bertz CT molecular complexity index is 604. The fourth-order valence-electron chi connectivity index (χ4n) is 2.54. The van der Waals surface area contributed by atoms with Crippen molar-refractivity contribution in [2.45, 2.75) is 52.5 Å². The highest BCUT2D eigenvalue weighted by Crippen LogP contribution is 2.21. The Kier molecular flexibility index (Phi) is 6.59. The first-order valence-corrected chi connectivity index (χ1v) is 8.32. The van der Waals surface area contributed by atoms with Crippen molar-refractivity contribution in [2.24, 2.45) is 0 Å². The lowest BCUT2D eigenvalue weighted by atomic mass is 10.1. The van der Waals surface area contributed by atoms with Crippen LogP contribution in [0.4, 0.5) is 0 Å². The molecule has 0 amide bonds. The Morgan fingerprint density at radius 3 is 2.82 bits per heavy atom. The summed E-state index contributed by atoms with van der Waals surface area (Å²) in [5.74, 6) is 0.180. The van der Waals surface area contributed by atoms with Gasteiger partial charge in [-0.15, -0.1) is 0 Å². The standard InChI is InChI=1S/C18H26N2O2/c1-3-5-12-22-13-7-6-11-20-14-16(17(21)4-2)15-9-8-10-19-18(15)20/h8-10,14H,3-7,11-13H2,1-2H3. The summed E-state index contributed by atoms with van der Waals surface area (Å²) in [6.07, 6.45) is 8.65. The first kappa shape index (κ1) is 16.7. The van der Waals surface area contributed by atoms with E-state index in [2.05, 4.69) is 16.5 Å². The third-order valence-electron chi connectivity index (χ3n) is 3.84. The topological polar surface area (TPSA) is 44.1 Å². The maximum atomic E-state index is 12.1. The molecule has 2 heterocycles. The number of Topliss-reactive ketones (excluding diaryl/α,β-unsaturated/α-hetero) is 1. The Morgan fingerprint density at radius 1 is 1.23 bits per heavy atom. The highest BCUT2D eigenvalue weighted by atomic mass is 16.5. The number of aryl methyl sites for hydroxylation is 1. The molecule has 120 valence electrons. The number of carbonyl (C=O) groups excluding carboxylic acids is 1. The smallest absolute Gasteiger partial charge is 0.164 e. The monoisotopic (exact) mass is 302 g/mol. The molecule has 2 rings (SSSR count). The Labute approximate surface area is 132 Å². The molecule has 0 unspecified atom stereocenters. The number of pyridine rings is 1. The van der Waals surface area contributed by atoms with E-state index in [0.29, 0.717) is 6.42 Å². The third-order valence-corrected chi connectivity index (χ3v) is 3.84. The van der Waals surface area contributed by atoms with Crippen molar-refractivity contribution in [3.05, 3.63) is 30.1 Å². The first-order valence-electron chi connectivity index (χ1n) is 8.32. The molecule has 2 aromatic heterocycles. The second-order valence-corrected chi connectivity index (χ2v) is 5.56. The first-order chi connectivity index (χ1) is 10.8. The molecule has 0 fully saturated rings. The fraction of sp³-hybridized carbons (Fsp3) is 0.556. The van der Waals surface area contributed by atoms with Crippen molar-refractivity contribution in [1.29, 1.82) is 0 Å². The van der Waals surface area contributed by atoms with Crippen LogP contribution < -0.4 is 0 Å². The normalized spacial score (nSPS) is 11.2. The summed E-state index contributed by atoms with van der Waals surface area (Å²) < 4.78 is 7.68. The molecule has 22 heavy (non-hydrogen) atoms. The molecule has 0 radical (unpaired) electrons. The highest BCUT2D eigenvalue weighted by molar-refractivity contribution is 6.07. The lowest BCUT2D eigenvalue weighted by Gasteiger charge is -2.05. The van der Waals surface area contributed by atoms with Gasteiger partial charge in [0.15, 0.2) is 5.78 Å². The number of ether oxygens (including phenoxy) is 1. The lowest BCUT2D eigenvalue weighted by molar-refractivity contribution is 0.0989. The van der Waals surface area contributed by atoms with Crippen LogP contribution in [0, 0.1) is 0 Å². The van der Waals surface area contributed by atoms with E-state index in [9.17, 15) is 4.79 Å². The number of unbranched alkanes of at least 4 members (excludes halogenated alkanes) is 2.